The number of hydrogen-bond donors (Lipinski definition) is 0. The van der Waals surface area contributed by atoms with Crippen molar-refractivity contribution in [3.63, 3.8) is 0 Å². The summed E-state index contributed by atoms with van der Waals surface area (Å²) < 4.78 is 15.7. The Morgan fingerprint density at radius 2 is 2.04 bits per heavy atom. The van der Waals surface area contributed by atoms with E-state index in [4.69, 9.17) is 13.9 Å². The van der Waals surface area contributed by atoms with Gasteiger partial charge in [-0.25, -0.2) is 9.59 Å². The number of unbranched alkanes of at least 4 members (excludes halogenated alkanes) is 1. The molecule has 0 saturated carbocycles. The van der Waals surface area contributed by atoms with Crippen LogP contribution in [0.15, 0.2) is 27.4 Å². The van der Waals surface area contributed by atoms with Crippen LogP contribution < -0.4 is 10.4 Å². The number of esters is 1. The zero-order valence-corrected chi connectivity index (χ0v) is 13.8. The van der Waals surface area contributed by atoms with Crippen molar-refractivity contribution in [2.24, 2.45) is 0 Å². The monoisotopic (exact) mass is 318 g/mol. The molecule has 0 bridgehead atoms. The van der Waals surface area contributed by atoms with Crippen LogP contribution >= 0.6 is 0 Å². The van der Waals surface area contributed by atoms with Gasteiger partial charge in [-0.15, -0.1) is 0 Å². The lowest BCUT2D eigenvalue weighted by Gasteiger charge is -2.12. The Morgan fingerprint density at radius 1 is 1.26 bits per heavy atom. The van der Waals surface area contributed by atoms with Crippen molar-refractivity contribution in [2.75, 3.05) is 13.2 Å². The lowest BCUT2D eigenvalue weighted by Crippen LogP contribution is -2.15. The smallest absolute Gasteiger partial charge is 0.344 e. The molecule has 2 rings (SSSR count). The van der Waals surface area contributed by atoms with E-state index in [1.807, 2.05) is 13.0 Å². The minimum atomic E-state index is -0.426. The van der Waals surface area contributed by atoms with Crippen LogP contribution in [0, 0.1) is 6.92 Å². The Labute approximate surface area is 135 Å². The average Bonchev–Trinajstić information content (AvgIpc) is 2.52. The van der Waals surface area contributed by atoms with Gasteiger partial charge in [0.25, 0.3) is 0 Å². The first-order valence-corrected chi connectivity index (χ1v) is 7.91. The molecule has 0 radical (unpaired) electrons. The molecule has 5 heteroatoms. The SMILES string of the molecule is CCCCc1cc(=O)oc2c(C)c(OCC(=O)OCC)ccc12. The van der Waals surface area contributed by atoms with E-state index in [-0.39, 0.29) is 12.2 Å². The largest absolute Gasteiger partial charge is 0.481 e. The van der Waals surface area contributed by atoms with Gasteiger partial charge >= 0.3 is 11.6 Å². The first-order chi connectivity index (χ1) is 11.1. The summed E-state index contributed by atoms with van der Waals surface area (Å²) in [7, 11) is 0. The second kappa shape index (κ2) is 7.81. The number of hydrogen-bond acceptors (Lipinski definition) is 5. The maximum absolute atomic E-state index is 11.8. The van der Waals surface area contributed by atoms with Crippen molar-refractivity contribution in [3.05, 3.63) is 39.7 Å². The normalized spacial score (nSPS) is 10.7. The molecule has 5 nitrogen and oxygen atoms in total. The molecular weight excluding hydrogens is 296 g/mol. The quantitative estimate of drug-likeness (QED) is 0.578. The van der Waals surface area contributed by atoms with Crippen LogP contribution in [0.1, 0.15) is 37.8 Å². The van der Waals surface area contributed by atoms with Crippen molar-refractivity contribution >= 4 is 16.9 Å². The summed E-state index contributed by atoms with van der Waals surface area (Å²) >= 11 is 0. The fourth-order valence-electron chi connectivity index (χ4n) is 2.48. The third kappa shape index (κ3) is 4.12. The molecule has 0 saturated heterocycles. The highest BCUT2D eigenvalue weighted by Gasteiger charge is 2.13. The molecule has 0 fully saturated rings. The molecule has 0 aliphatic carbocycles. The van der Waals surface area contributed by atoms with Crippen LogP contribution in [0.2, 0.25) is 0 Å². The van der Waals surface area contributed by atoms with Gasteiger partial charge in [-0.2, -0.15) is 0 Å². The van der Waals surface area contributed by atoms with Crippen molar-refractivity contribution < 1.29 is 18.7 Å². The van der Waals surface area contributed by atoms with Gasteiger partial charge in [-0.05, 0) is 44.4 Å². The summed E-state index contributed by atoms with van der Waals surface area (Å²) in [6.07, 6.45) is 2.90. The Kier molecular flexibility index (Phi) is 5.79. The summed E-state index contributed by atoms with van der Waals surface area (Å²) in [5.41, 5.74) is 1.85. The fraction of sp³-hybridized carbons (Fsp3) is 0.444. The Hall–Kier alpha value is -2.30. The first-order valence-electron chi connectivity index (χ1n) is 7.91. The predicted octanol–water partition coefficient (Wildman–Crippen LogP) is 3.39. The van der Waals surface area contributed by atoms with E-state index in [2.05, 4.69) is 6.92 Å². The first kappa shape index (κ1) is 17.1. The number of fused-ring (bicyclic) bond motifs is 1. The van der Waals surface area contributed by atoms with Gasteiger partial charge < -0.3 is 13.9 Å². The molecule has 2 aromatic rings. The Morgan fingerprint density at radius 3 is 2.74 bits per heavy atom. The highest BCUT2D eigenvalue weighted by atomic mass is 16.6. The van der Waals surface area contributed by atoms with Crippen molar-refractivity contribution in [3.8, 4) is 5.75 Å². The molecule has 0 spiro atoms. The van der Waals surface area contributed by atoms with E-state index in [9.17, 15) is 9.59 Å². The molecule has 0 aliphatic heterocycles. The van der Waals surface area contributed by atoms with Gasteiger partial charge in [0.1, 0.15) is 11.3 Å². The van der Waals surface area contributed by atoms with Crippen LogP contribution in [0.3, 0.4) is 0 Å². The number of carbonyl (C=O) groups excluding carboxylic acids is 1. The molecule has 0 atom stereocenters. The maximum Gasteiger partial charge on any atom is 0.344 e. The van der Waals surface area contributed by atoms with Crippen LogP contribution in [-0.2, 0) is 16.0 Å². The minimum Gasteiger partial charge on any atom is -0.481 e. The van der Waals surface area contributed by atoms with Crippen molar-refractivity contribution in [1.29, 1.82) is 0 Å². The van der Waals surface area contributed by atoms with Gasteiger partial charge in [-0.1, -0.05) is 13.3 Å². The summed E-state index contributed by atoms with van der Waals surface area (Å²) in [6.45, 7) is 5.82. The third-order valence-corrected chi connectivity index (χ3v) is 3.65. The third-order valence-electron chi connectivity index (χ3n) is 3.65. The second-order valence-corrected chi connectivity index (χ2v) is 5.35. The standard InChI is InChI=1S/C18H22O5/c1-4-6-7-13-10-16(19)23-18-12(3)15(9-8-14(13)18)22-11-17(20)21-5-2/h8-10H,4-7,11H2,1-3H3. The highest BCUT2D eigenvalue weighted by Crippen LogP contribution is 2.29. The minimum absolute atomic E-state index is 0.167. The second-order valence-electron chi connectivity index (χ2n) is 5.35. The van der Waals surface area contributed by atoms with Crippen LogP contribution in [-0.4, -0.2) is 19.2 Å². The lowest BCUT2D eigenvalue weighted by molar-refractivity contribution is -0.145. The zero-order valence-electron chi connectivity index (χ0n) is 13.8. The molecule has 1 heterocycles. The number of benzene rings is 1. The number of aryl methyl sites for hydroxylation is 2. The summed E-state index contributed by atoms with van der Waals surface area (Å²) in [5.74, 6) is 0.0893. The molecule has 23 heavy (non-hydrogen) atoms. The number of carbonyl (C=O) groups is 1. The van der Waals surface area contributed by atoms with E-state index in [0.29, 0.717) is 23.5 Å². The van der Waals surface area contributed by atoms with E-state index in [1.54, 1.807) is 19.1 Å². The zero-order chi connectivity index (χ0) is 16.8. The molecule has 124 valence electrons. The molecule has 1 aromatic carbocycles. The summed E-state index contributed by atoms with van der Waals surface area (Å²) in [5, 5.41) is 0.916. The highest BCUT2D eigenvalue weighted by molar-refractivity contribution is 5.85. The van der Waals surface area contributed by atoms with Gasteiger partial charge in [0.05, 0.1) is 6.61 Å². The molecule has 0 unspecified atom stereocenters. The predicted molar refractivity (Wildman–Crippen MR) is 88.0 cm³/mol. The van der Waals surface area contributed by atoms with Crippen molar-refractivity contribution in [1.82, 2.24) is 0 Å². The topological polar surface area (TPSA) is 65.7 Å². The molecule has 1 aromatic heterocycles. The number of rotatable bonds is 7. The Bertz CT molecular complexity index is 745. The van der Waals surface area contributed by atoms with E-state index in [0.717, 1.165) is 30.2 Å². The summed E-state index contributed by atoms with van der Waals surface area (Å²) in [4.78, 5) is 23.2. The van der Waals surface area contributed by atoms with Crippen molar-refractivity contribution in [2.45, 2.75) is 40.0 Å². The van der Waals surface area contributed by atoms with Crippen LogP contribution in [0.4, 0.5) is 0 Å². The van der Waals surface area contributed by atoms with Gasteiger partial charge in [0, 0.05) is 17.0 Å². The van der Waals surface area contributed by atoms with E-state index in [1.165, 1.54) is 0 Å². The van der Waals surface area contributed by atoms with E-state index >= 15 is 0 Å². The van der Waals surface area contributed by atoms with Gasteiger partial charge in [-0.3, -0.25) is 0 Å². The number of ether oxygens (including phenoxy) is 2. The molecule has 0 aliphatic rings. The van der Waals surface area contributed by atoms with Crippen LogP contribution in [0.25, 0.3) is 11.0 Å². The fourth-order valence-corrected chi connectivity index (χ4v) is 2.48. The van der Waals surface area contributed by atoms with Gasteiger partial charge in [0.2, 0.25) is 0 Å². The lowest BCUT2D eigenvalue weighted by atomic mass is 10.0. The molecule has 0 N–H and O–H groups in total. The summed E-state index contributed by atoms with van der Waals surface area (Å²) in [6, 6.07) is 5.22. The Balaban J connectivity index is 2.34. The van der Waals surface area contributed by atoms with Gasteiger partial charge in [0.15, 0.2) is 6.61 Å². The van der Waals surface area contributed by atoms with Crippen LogP contribution in [0.5, 0.6) is 5.75 Å². The molecule has 0 amide bonds. The average molecular weight is 318 g/mol. The van der Waals surface area contributed by atoms with E-state index < -0.39 is 5.97 Å². The molecular formula is C18H22O5. The maximum atomic E-state index is 11.8.